The maximum Gasteiger partial charge on any atom is 0.262 e. The van der Waals surface area contributed by atoms with Crippen LogP contribution in [0.4, 0.5) is 0 Å². The van der Waals surface area contributed by atoms with Gasteiger partial charge < -0.3 is 0 Å². The zero-order valence-electron chi connectivity index (χ0n) is 13.9. The Morgan fingerprint density at radius 1 is 1.38 bits per heavy atom. The predicted octanol–water partition coefficient (Wildman–Crippen LogP) is 3.53. The minimum atomic E-state index is -0.445. The Morgan fingerprint density at radius 3 is 2.88 bits per heavy atom. The fourth-order valence-electron chi connectivity index (χ4n) is 2.35. The summed E-state index contributed by atoms with van der Waals surface area (Å²) in [6.07, 6.45) is 2.78. The molecule has 0 saturated heterocycles. The van der Waals surface area contributed by atoms with Crippen molar-refractivity contribution in [3.8, 4) is 0 Å². The van der Waals surface area contributed by atoms with Crippen LogP contribution in [0.5, 0.6) is 0 Å². The zero-order chi connectivity index (χ0) is 18.8. The van der Waals surface area contributed by atoms with Crippen LogP contribution in [0, 0.1) is 13.8 Å². The highest BCUT2D eigenvalue weighted by atomic mass is 35.5. The molecule has 0 aliphatic heterocycles. The average molecular weight is 409 g/mol. The third kappa shape index (κ3) is 3.80. The van der Waals surface area contributed by atoms with Crippen molar-refractivity contribution >= 4 is 56.9 Å². The van der Waals surface area contributed by atoms with Crippen molar-refractivity contribution in [1.82, 2.24) is 15.0 Å². The van der Waals surface area contributed by atoms with Gasteiger partial charge in [0.2, 0.25) is 0 Å². The third-order valence-electron chi connectivity index (χ3n) is 3.83. The summed E-state index contributed by atoms with van der Waals surface area (Å²) in [5, 5.41) is 5.34. The number of hydrogen-bond donors (Lipinski definition) is 1. The number of rotatable bonds is 4. The quantitative estimate of drug-likeness (QED) is 0.529. The lowest BCUT2D eigenvalue weighted by Gasteiger charge is -2.04. The summed E-state index contributed by atoms with van der Waals surface area (Å²) in [5.41, 5.74) is 3.64. The van der Waals surface area contributed by atoms with Gasteiger partial charge in [0.05, 0.1) is 23.0 Å². The van der Waals surface area contributed by atoms with E-state index in [9.17, 15) is 9.59 Å². The lowest BCUT2D eigenvalue weighted by molar-refractivity contribution is -0.121. The lowest BCUT2D eigenvalue weighted by Crippen LogP contribution is -2.30. The highest BCUT2D eigenvalue weighted by Crippen LogP contribution is 2.25. The number of nitrogens with zero attached hydrogens (tertiary/aromatic N) is 3. The molecular weight excluding hydrogens is 395 g/mol. The second kappa shape index (κ2) is 7.57. The first-order valence-corrected chi connectivity index (χ1v) is 9.16. The molecule has 0 saturated carbocycles. The Labute approximate surface area is 163 Å². The van der Waals surface area contributed by atoms with E-state index < -0.39 is 5.91 Å². The minimum Gasteiger partial charge on any atom is -0.289 e. The van der Waals surface area contributed by atoms with Gasteiger partial charge in [0.25, 0.3) is 11.5 Å². The molecular formula is C17H14Cl2N4O2S. The van der Waals surface area contributed by atoms with E-state index in [1.165, 1.54) is 28.4 Å². The van der Waals surface area contributed by atoms with E-state index in [4.69, 9.17) is 23.2 Å². The van der Waals surface area contributed by atoms with Gasteiger partial charge >= 0.3 is 0 Å². The summed E-state index contributed by atoms with van der Waals surface area (Å²) in [5.74, 6) is -0.445. The van der Waals surface area contributed by atoms with E-state index in [1.54, 1.807) is 18.2 Å². The molecule has 1 aromatic carbocycles. The second-order valence-corrected chi connectivity index (χ2v) is 7.65. The number of aryl methyl sites for hydroxylation is 2. The van der Waals surface area contributed by atoms with Gasteiger partial charge in [-0.15, -0.1) is 11.3 Å². The van der Waals surface area contributed by atoms with Crippen LogP contribution in [0.25, 0.3) is 10.2 Å². The van der Waals surface area contributed by atoms with Crippen molar-refractivity contribution < 1.29 is 4.79 Å². The molecule has 0 aliphatic carbocycles. The smallest absolute Gasteiger partial charge is 0.262 e. The number of fused-ring (bicyclic) bond motifs is 1. The van der Waals surface area contributed by atoms with Gasteiger partial charge in [0.15, 0.2) is 0 Å². The summed E-state index contributed by atoms with van der Waals surface area (Å²) in [6, 6.07) is 4.94. The van der Waals surface area contributed by atoms with Gasteiger partial charge in [-0.1, -0.05) is 29.3 Å². The Balaban J connectivity index is 1.73. The molecule has 9 heteroatoms. The second-order valence-electron chi connectivity index (χ2n) is 5.60. The number of carbonyl (C=O) groups is 1. The van der Waals surface area contributed by atoms with Crippen molar-refractivity contribution in [3.63, 3.8) is 0 Å². The van der Waals surface area contributed by atoms with E-state index in [-0.39, 0.29) is 12.1 Å². The minimum absolute atomic E-state index is 0.179. The van der Waals surface area contributed by atoms with Gasteiger partial charge in [-0.05, 0) is 31.5 Å². The number of amides is 1. The van der Waals surface area contributed by atoms with Crippen LogP contribution in [0.1, 0.15) is 16.0 Å². The van der Waals surface area contributed by atoms with Gasteiger partial charge in [-0.2, -0.15) is 5.10 Å². The number of nitrogens with one attached hydrogen (secondary N) is 1. The first-order valence-electron chi connectivity index (χ1n) is 7.59. The summed E-state index contributed by atoms with van der Waals surface area (Å²) in [7, 11) is 0. The van der Waals surface area contributed by atoms with Crippen molar-refractivity contribution in [2.75, 3.05) is 0 Å². The monoisotopic (exact) mass is 408 g/mol. The van der Waals surface area contributed by atoms with Crippen LogP contribution < -0.4 is 11.0 Å². The van der Waals surface area contributed by atoms with E-state index >= 15 is 0 Å². The molecule has 0 atom stereocenters. The summed E-state index contributed by atoms with van der Waals surface area (Å²) in [6.45, 7) is 3.64. The van der Waals surface area contributed by atoms with Crippen LogP contribution in [0.3, 0.4) is 0 Å². The van der Waals surface area contributed by atoms with Crippen LogP contribution in [-0.4, -0.2) is 21.7 Å². The highest BCUT2D eigenvalue weighted by Gasteiger charge is 2.13. The summed E-state index contributed by atoms with van der Waals surface area (Å²) < 4.78 is 1.27. The number of carbonyl (C=O) groups excluding carboxylic acids is 1. The molecule has 0 bridgehead atoms. The highest BCUT2D eigenvalue weighted by molar-refractivity contribution is 7.18. The fourth-order valence-corrected chi connectivity index (χ4v) is 3.80. The first-order chi connectivity index (χ1) is 12.4. The van der Waals surface area contributed by atoms with Crippen LogP contribution >= 0.6 is 34.5 Å². The molecule has 1 amide bonds. The standard InChI is InChI=1S/C17H14Cl2N4O2S/c1-9-10(2)26-16-15(9)17(25)23(8-20-16)7-14(24)22-21-6-11-3-4-12(18)5-13(11)19/h3-6,8H,7H2,1-2H3,(H,22,24)/b21-6-. The molecule has 3 rings (SSSR count). The molecule has 0 spiro atoms. The Bertz CT molecular complexity index is 1090. The molecule has 2 aromatic heterocycles. The third-order valence-corrected chi connectivity index (χ3v) is 5.50. The summed E-state index contributed by atoms with van der Waals surface area (Å²) >= 11 is 13.3. The van der Waals surface area contributed by atoms with Gasteiger partial charge in [-0.3, -0.25) is 14.2 Å². The van der Waals surface area contributed by atoms with Crippen LogP contribution in [0.15, 0.2) is 34.4 Å². The Morgan fingerprint density at radius 2 is 2.15 bits per heavy atom. The maximum atomic E-state index is 12.6. The Hall–Kier alpha value is -2.22. The predicted molar refractivity (Wildman–Crippen MR) is 106 cm³/mol. The van der Waals surface area contributed by atoms with Gasteiger partial charge in [-0.25, -0.2) is 10.4 Å². The molecule has 3 aromatic rings. The number of thiophene rings is 1. The maximum absolute atomic E-state index is 12.6. The Kier molecular flexibility index (Phi) is 5.41. The number of hydrazone groups is 1. The normalized spacial score (nSPS) is 11.4. The van der Waals surface area contributed by atoms with Crippen molar-refractivity contribution in [2.24, 2.45) is 5.10 Å². The van der Waals surface area contributed by atoms with Gasteiger partial charge in [0.1, 0.15) is 11.4 Å². The summed E-state index contributed by atoms with van der Waals surface area (Å²) in [4.78, 5) is 30.6. The van der Waals surface area contributed by atoms with E-state index in [2.05, 4.69) is 15.5 Å². The SMILES string of the molecule is Cc1sc2ncn(CC(=O)N/N=C\c3ccc(Cl)cc3Cl)c(=O)c2c1C. The molecule has 0 aliphatic rings. The van der Waals surface area contributed by atoms with Crippen LogP contribution in [0.2, 0.25) is 10.0 Å². The van der Waals surface area contributed by atoms with E-state index in [0.29, 0.717) is 25.8 Å². The molecule has 2 heterocycles. The molecule has 6 nitrogen and oxygen atoms in total. The van der Waals surface area contributed by atoms with Crippen molar-refractivity contribution in [2.45, 2.75) is 20.4 Å². The number of aromatic nitrogens is 2. The average Bonchev–Trinajstić information content (AvgIpc) is 2.87. The van der Waals surface area contributed by atoms with Crippen molar-refractivity contribution in [1.29, 1.82) is 0 Å². The molecule has 0 radical (unpaired) electrons. The number of hydrogen-bond acceptors (Lipinski definition) is 5. The zero-order valence-corrected chi connectivity index (χ0v) is 16.2. The first kappa shape index (κ1) is 18.6. The number of benzene rings is 1. The molecule has 134 valence electrons. The number of halogens is 2. The largest absolute Gasteiger partial charge is 0.289 e. The molecule has 0 fully saturated rings. The topological polar surface area (TPSA) is 76.3 Å². The fraction of sp³-hybridized carbons (Fsp3) is 0.176. The van der Waals surface area contributed by atoms with E-state index in [0.717, 1.165) is 10.4 Å². The van der Waals surface area contributed by atoms with E-state index in [1.807, 2.05) is 13.8 Å². The lowest BCUT2D eigenvalue weighted by atomic mass is 10.2. The van der Waals surface area contributed by atoms with Gasteiger partial charge in [0, 0.05) is 15.5 Å². The molecule has 0 unspecified atom stereocenters. The molecule has 1 N–H and O–H groups in total. The molecule has 26 heavy (non-hydrogen) atoms. The van der Waals surface area contributed by atoms with Crippen LogP contribution in [-0.2, 0) is 11.3 Å². The van der Waals surface area contributed by atoms with Crippen molar-refractivity contribution in [3.05, 3.63) is 60.9 Å².